The summed E-state index contributed by atoms with van der Waals surface area (Å²) in [4.78, 5) is 35.3. The van der Waals surface area contributed by atoms with Gasteiger partial charge in [-0.3, -0.25) is 14.4 Å². The molecule has 0 spiro atoms. The molecule has 1 aliphatic carbocycles. The number of amides is 3. The van der Waals surface area contributed by atoms with Crippen LogP contribution in [0.1, 0.15) is 24.0 Å². The van der Waals surface area contributed by atoms with E-state index in [0.717, 1.165) is 25.0 Å². The summed E-state index contributed by atoms with van der Waals surface area (Å²) >= 11 is 0. The number of halogens is 3. The fraction of sp³-hybridized carbons (Fsp3) is 0.273. The van der Waals surface area contributed by atoms with Crippen molar-refractivity contribution < 1.29 is 37.0 Å². The van der Waals surface area contributed by atoms with Crippen LogP contribution < -0.4 is 25.5 Å². The molecular weight excluding hydrogens is 457 g/mol. The van der Waals surface area contributed by atoms with E-state index >= 15 is 0 Å². The van der Waals surface area contributed by atoms with Gasteiger partial charge >= 0.3 is 18.0 Å². The second-order valence-corrected chi connectivity index (χ2v) is 7.27. The summed E-state index contributed by atoms with van der Waals surface area (Å²) in [7, 11) is 1.37. The second-order valence-electron chi connectivity index (χ2n) is 7.27. The van der Waals surface area contributed by atoms with Gasteiger partial charge in [0.05, 0.1) is 18.9 Å². The average molecular weight is 478 g/mol. The lowest BCUT2D eigenvalue weighted by Crippen LogP contribution is -2.38. The fourth-order valence-electron chi connectivity index (χ4n) is 2.69. The molecule has 3 amide bonds. The van der Waals surface area contributed by atoms with Crippen molar-refractivity contribution in [2.75, 3.05) is 19.0 Å². The number of carbonyl (C=O) groups is 3. The van der Waals surface area contributed by atoms with Crippen molar-refractivity contribution in [2.45, 2.75) is 25.1 Å². The smallest absolute Gasteiger partial charge is 0.416 e. The van der Waals surface area contributed by atoms with E-state index in [4.69, 9.17) is 9.47 Å². The van der Waals surface area contributed by atoms with Crippen LogP contribution in [0.25, 0.3) is 0 Å². The molecule has 0 saturated heterocycles. The summed E-state index contributed by atoms with van der Waals surface area (Å²) in [5.41, 5.74) is 1.71. The normalized spacial score (nSPS) is 13.3. The molecule has 3 N–H and O–H groups in total. The van der Waals surface area contributed by atoms with Gasteiger partial charge in [-0.25, -0.2) is 5.43 Å². The number of ether oxygens (including phenoxy) is 2. The Morgan fingerprint density at radius 1 is 1.09 bits per heavy atom. The van der Waals surface area contributed by atoms with Crippen LogP contribution in [0.3, 0.4) is 0 Å². The van der Waals surface area contributed by atoms with E-state index in [1.807, 2.05) is 0 Å². The molecule has 3 rings (SSSR count). The quantitative estimate of drug-likeness (QED) is 0.306. The molecule has 180 valence electrons. The Morgan fingerprint density at radius 2 is 1.85 bits per heavy atom. The molecule has 0 unspecified atom stereocenters. The monoisotopic (exact) mass is 478 g/mol. The zero-order valence-electron chi connectivity index (χ0n) is 17.9. The van der Waals surface area contributed by atoms with Crippen LogP contribution in [0, 0.1) is 0 Å². The molecule has 1 aliphatic rings. The number of carbonyl (C=O) groups excluding carboxylic acids is 3. The molecule has 1 fully saturated rings. The third-order valence-corrected chi connectivity index (χ3v) is 4.52. The third kappa shape index (κ3) is 7.22. The molecule has 0 heterocycles. The van der Waals surface area contributed by atoms with Crippen LogP contribution in [0.5, 0.6) is 11.5 Å². The first-order valence-corrected chi connectivity index (χ1v) is 10.1. The number of nitrogens with one attached hydrogen (secondary N) is 3. The minimum Gasteiger partial charge on any atom is -0.493 e. The number of methoxy groups -OCH3 is 1. The van der Waals surface area contributed by atoms with E-state index in [0.29, 0.717) is 5.56 Å². The van der Waals surface area contributed by atoms with Gasteiger partial charge in [0.1, 0.15) is 0 Å². The first kappa shape index (κ1) is 24.6. The maximum Gasteiger partial charge on any atom is 0.416 e. The van der Waals surface area contributed by atoms with Crippen LogP contribution in [-0.4, -0.2) is 43.7 Å². The van der Waals surface area contributed by atoms with E-state index in [-0.39, 0.29) is 23.2 Å². The first-order chi connectivity index (χ1) is 16.2. The highest BCUT2D eigenvalue weighted by Gasteiger charge is 2.30. The number of anilines is 1. The van der Waals surface area contributed by atoms with Gasteiger partial charge in [0.25, 0.3) is 5.91 Å². The summed E-state index contributed by atoms with van der Waals surface area (Å²) in [5, 5.41) is 8.58. The number of hydrogen-bond donors (Lipinski definition) is 3. The summed E-state index contributed by atoms with van der Waals surface area (Å²) in [6.07, 6.45) is -1.54. The molecule has 0 aromatic heterocycles. The molecule has 0 aliphatic heterocycles. The van der Waals surface area contributed by atoms with Gasteiger partial charge in [-0.05, 0) is 54.8 Å². The fourth-order valence-corrected chi connectivity index (χ4v) is 2.69. The lowest BCUT2D eigenvalue weighted by molar-refractivity contribution is -0.139. The highest BCUT2D eigenvalue weighted by Crippen LogP contribution is 2.31. The van der Waals surface area contributed by atoms with Crippen molar-refractivity contribution in [1.82, 2.24) is 10.7 Å². The third-order valence-electron chi connectivity index (χ3n) is 4.52. The summed E-state index contributed by atoms with van der Waals surface area (Å²) in [6.45, 7) is -0.480. The zero-order chi connectivity index (χ0) is 24.7. The van der Waals surface area contributed by atoms with Gasteiger partial charge < -0.3 is 20.1 Å². The van der Waals surface area contributed by atoms with Crippen molar-refractivity contribution in [3.05, 3.63) is 53.6 Å². The van der Waals surface area contributed by atoms with E-state index < -0.39 is 36.1 Å². The minimum atomic E-state index is -4.53. The van der Waals surface area contributed by atoms with Crippen molar-refractivity contribution in [2.24, 2.45) is 5.10 Å². The van der Waals surface area contributed by atoms with Gasteiger partial charge in [0.2, 0.25) is 0 Å². The Kier molecular flexibility index (Phi) is 7.71. The number of benzene rings is 2. The molecule has 12 heteroatoms. The zero-order valence-corrected chi connectivity index (χ0v) is 17.9. The maximum absolute atomic E-state index is 12.8. The van der Waals surface area contributed by atoms with Gasteiger partial charge in [0.15, 0.2) is 18.1 Å². The molecule has 0 radical (unpaired) electrons. The Labute approximate surface area is 192 Å². The highest BCUT2D eigenvalue weighted by molar-refractivity contribution is 6.35. The van der Waals surface area contributed by atoms with Crippen LogP contribution >= 0.6 is 0 Å². The number of alkyl halides is 3. The SMILES string of the molecule is COc1cc(/C=N/NC(=O)C(=O)NC2CC2)ccc1OCC(=O)Nc1cccc(C(F)(F)F)c1. The molecule has 0 bridgehead atoms. The van der Waals surface area contributed by atoms with E-state index in [1.54, 1.807) is 6.07 Å². The largest absolute Gasteiger partial charge is 0.493 e. The molecule has 2 aromatic rings. The lowest BCUT2D eigenvalue weighted by atomic mass is 10.2. The number of hydrazone groups is 1. The Balaban J connectivity index is 1.53. The first-order valence-electron chi connectivity index (χ1n) is 10.1. The van der Waals surface area contributed by atoms with Crippen molar-refractivity contribution in [3.8, 4) is 11.5 Å². The topological polar surface area (TPSA) is 118 Å². The second kappa shape index (κ2) is 10.7. The number of rotatable bonds is 8. The number of nitrogens with zero attached hydrogens (tertiary/aromatic N) is 1. The van der Waals surface area contributed by atoms with Crippen molar-refractivity contribution in [1.29, 1.82) is 0 Å². The maximum atomic E-state index is 12.8. The molecule has 34 heavy (non-hydrogen) atoms. The molecule has 1 saturated carbocycles. The Morgan fingerprint density at radius 3 is 2.53 bits per heavy atom. The number of hydrogen-bond acceptors (Lipinski definition) is 6. The van der Waals surface area contributed by atoms with Gasteiger partial charge in [-0.15, -0.1) is 0 Å². The predicted molar refractivity (Wildman–Crippen MR) is 115 cm³/mol. The van der Waals surface area contributed by atoms with Gasteiger partial charge in [-0.2, -0.15) is 18.3 Å². The highest BCUT2D eigenvalue weighted by atomic mass is 19.4. The molecule has 9 nitrogen and oxygen atoms in total. The van der Waals surface area contributed by atoms with Crippen LogP contribution in [-0.2, 0) is 20.6 Å². The standard InChI is InChI=1S/C22H21F3N4O5/c1-33-18-9-13(11-26-29-21(32)20(31)28-15-6-7-15)5-8-17(18)34-12-19(30)27-16-4-2-3-14(10-16)22(23,24)25/h2-5,8-11,15H,6-7,12H2,1H3,(H,27,30)(H,28,31)(H,29,32)/b26-11+. The molecule has 0 atom stereocenters. The summed E-state index contributed by atoms with van der Waals surface area (Å²) in [6, 6.07) is 8.84. The van der Waals surface area contributed by atoms with Gasteiger partial charge in [0, 0.05) is 11.7 Å². The predicted octanol–water partition coefficient (Wildman–Crippen LogP) is 2.46. The Bertz CT molecular complexity index is 1100. The average Bonchev–Trinajstić information content (AvgIpc) is 3.61. The van der Waals surface area contributed by atoms with E-state index in [1.165, 1.54) is 37.6 Å². The summed E-state index contributed by atoms with van der Waals surface area (Å²) in [5.74, 6) is -1.87. The van der Waals surface area contributed by atoms with Crippen LogP contribution in [0.4, 0.5) is 18.9 Å². The van der Waals surface area contributed by atoms with E-state index in [2.05, 4.69) is 21.2 Å². The minimum absolute atomic E-state index is 0.0187. The van der Waals surface area contributed by atoms with Crippen LogP contribution in [0.15, 0.2) is 47.6 Å². The van der Waals surface area contributed by atoms with Crippen molar-refractivity contribution in [3.63, 3.8) is 0 Å². The Hall–Kier alpha value is -4.09. The molecule has 2 aromatic carbocycles. The van der Waals surface area contributed by atoms with Crippen molar-refractivity contribution >= 4 is 29.6 Å². The van der Waals surface area contributed by atoms with Crippen LogP contribution in [0.2, 0.25) is 0 Å². The lowest BCUT2D eigenvalue weighted by Gasteiger charge is -2.12. The molecular formula is C22H21F3N4O5. The summed E-state index contributed by atoms with van der Waals surface area (Å²) < 4.78 is 49.0. The van der Waals surface area contributed by atoms with E-state index in [9.17, 15) is 27.6 Å². The van der Waals surface area contributed by atoms with Gasteiger partial charge in [-0.1, -0.05) is 6.07 Å².